The van der Waals surface area contributed by atoms with Crippen LogP contribution in [0.3, 0.4) is 0 Å². The Morgan fingerprint density at radius 2 is 1.76 bits per heavy atom. The van der Waals surface area contributed by atoms with Gasteiger partial charge < -0.3 is 14.6 Å². The van der Waals surface area contributed by atoms with Crippen LogP contribution in [0.4, 0.5) is 5.69 Å². The van der Waals surface area contributed by atoms with Crippen molar-refractivity contribution in [3.63, 3.8) is 0 Å². The van der Waals surface area contributed by atoms with E-state index in [0.29, 0.717) is 12.2 Å². The molecule has 0 saturated heterocycles. The van der Waals surface area contributed by atoms with E-state index in [4.69, 9.17) is 4.74 Å². The number of hydrogen-bond donors (Lipinski definition) is 1. The molecule has 3 rings (SSSR count). The fourth-order valence-corrected chi connectivity index (χ4v) is 2.40. The van der Waals surface area contributed by atoms with Gasteiger partial charge in [0.15, 0.2) is 0 Å². The monoisotopic (exact) mass is 334 g/mol. The first kappa shape index (κ1) is 16.5. The van der Waals surface area contributed by atoms with Gasteiger partial charge in [0, 0.05) is 30.6 Å². The van der Waals surface area contributed by atoms with Crippen molar-refractivity contribution in [2.45, 2.75) is 6.61 Å². The molecule has 0 atom stereocenters. The maximum Gasteiger partial charge on any atom is 0.258 e. The molecule has 1 heterocycles. The molecule has 0 aliphatic carbocycles. The zero-order chi connectivity index (χ0) is 17.6. The first-order valence-corrected chi connectivity index (χ1v) is 7.87. The number of nitrogens with zero attached hydrogens (tertiary/aromatic N) is 1. The number of rotatable bonds is 5. The van der Waals surface area contributed by atoms with Gasteiger partial charge in [-0.1, -0.05) is 30.3 Å². The minimum atomic E-state index is -0.302. The molecule has 25 heavy (non-hydrogen) atoms. The second-order valence-electron chi connectivity index (χ2n) is 5.57. The maximum atomic E-state index is 12.4. The Morgan fingerprint density at radius 1 is 1.04 bits per heavy atom. The van der Waals surface area contributed by atoms with E-state index < -0.39 is 0 Å². The summed E-state index contributed by atoms with van der Waals surface area (Å²) in [5, 5.41) is 0. The van der Waals surface area contributed by atoms with Gasteiger partial charge in [-0.2, -0.15) is 0 Å². The summed E-state index contributed by atoms with van der Waals surface area (Å²) in [6.45, 7) is 0.488. The Kier molecular flexibility index (Phi) is 4.95. The third-order valence-electron chi connectivity index (χ3n) is 3.80. The third kappa shape index (κ3) is 4.14. The highest BCUT2D eigenvalue weighted by Gasteiger charge is 2.13. The van der Waals surface area contributed by atoms with Crippen molar-refractivity contribution in [3.8, 4) is 5.75 Å². The molecule has 5 nitrogen and oxygen atoms in total. The number of nitrogens with one attached hydrogen (secondary N) is 1. The molecule has 0 radical (unpaired) electrons. The SMILES string of the molecule is CN(C(=O)c1cc[nH]c(=O)c1)c1ccc(OCc2ccccc2)cc1. The Morgan fingerprint density at radius 3 is 2.44 bits per heavy atom. The second-order valence-corrected chi connectivity index (χ2v) is 5.57. The van der Waals surface area contributed by atoms with Crippen LogP contribution in [0, 0.1) is 0 Å². The summed E-state index contributed by atoms with van der Waals surface area (Å²) in [6.07, 6.45) is 1.46. The van der Waals surface area contributed by atoms with E-state index in [1.807, 2.05) is 54.6 Å². The first-order chi connectivity index (χ1) is 12.1. The van der Waals surface area contributed by atoms with Crippen LogP contribution in [-0.2, 0) is 6.61 Å². The number of carbonyl (C=O) groups excluding carboxylic acids is 1. The van der Waals surface area contributed by atoms with E-state index in [0.717, 1.165) is 17.0 Å². The molecule has 3 aromatic rings. The average Bonchev–Trinajstić information content (AvgIpc) is 2.66. The molecule has 0 aliphatic heterocycles. The normalized spacial score (nSPS) is 10.3. The van der Waals surface area contributed by atoms with Gasteiger partial charge in [-0.25, -0.2) is 0 Å². The highest BCUT2D eigenvalue weighted by Crippen LogP contribution is 2.20. The van der Waals surface area contributed by atoms with Gasteiger partial charge in [-0.3, -0.25) is 9.59 Å². The fourth-order valence-electron chi connectivity index (χ4n) is 2.40. The van der Waals surface area contributed by atoms with E-state index in [1.54, 1.807) is 13.1 Å². The van der Waals surface area contributed by atoms with Crippen molar-refractivity contribution in [1.82, 2.24) is 4.98 Å². The Balaban J connectivity index is 1.67. The number of ether oxygens (including phenoxy) is 1. The van der Waals surface area contributed by atoms with Crippen molar-refractivity contribution in [1.29, 1.82) is 0 Å². The molecule has 0 aliphatic rings. The topological polar surface area (TPSA) is 62.4 Å². The third-order valence-corrected chi connectivity index (χ3v) is 3.80. The van der Waals surface area contributed by atoms with Crippen LogP contribution >= 0.6 is 0 Å². The molecule has 1 aromatic heterocycles. The van der Waals surface area contributed by atoms with E-state index in [-0.39, 0.29) is 11.5 Å². The predicted octanol–water partition coefficient (Wildman–Crippen LogP) is 3.23. The zero-order valence-electron chi connectivity index (χ0n) is 13.8. The number of anilines is 1. The summed E-state index contributed by atoms with van der Waals surface area (Å²) in [4.78, 5) is 27.8. The van der Waals surface area contributed by atoms with Crippen LogP contribution in [0.1, 0.15) is 15.9 Å². The number of aromatic nitrogens is 1. The van der Waals surface area contributed by atoms with Gasteiger partial charge in [0.1, 0.15) is 12.4 Å². The van der Waals surface area contributed by atoms with Gasteiger partial charge in [0.2, 0.25) is 5.56 Å². The lowest BCUT2D eigenvalue weighted by Crippen LogP contribution is -2.27. The molecule has 0 fully saturated rings. The van der Waals surface area contributed by atoms with Gasteiger partial charge >= 0.3 is 0 Å². The van der Waals surface area contributed by atoms with Gasteiger partial charge in [-0.05, 0) is 35.9 Å². The highest BCUT2D eigenvalue weighted by atomic mass is 16.5. The zero-order valence-corrected chi connectivity index (χ0v) is 13.8. The molecule has 0 saturated carbocycles. The molecule has 2 aromatic carbocycles. The van der Waals surface area contributed by atoms with Crippen LogP contribution in [-0.4, -0.2) is 17.9 Å². The van der Waals surface area contributed by atoms with E-state index in [1.165, 1.54) is 17.2 Å². The molecule has 5 heteroatoms. The van der Waals surface area contributed by atoms with Gasteiger partial charge in [0.25, 0.3) is 5.91 Å². The highest BCUT2D eigenvalue weighted by molar-refractivity contribution is 6.05. The molecule has 126 valence electrons. The molecule has 1 N–H and O–H groups in total. The van der Waals surface area contributed by atoms with Gasteiger partial charge in [-0.15, -0.1) is 0 Å². The number of benzene rings is 2. The van der Waals surface area contributed by atoms with Crippen molar-refractivity contribution in [2.24, 2.45) is 0 Å². The number of pyridine rings is 1. The Bertz CT molecular complexity index is 902. The molecule has 0 unspecified atom stereocenters. The average molecular weight is 334 g/mol. The quantitative estimate of drug-likeness (QED) is 0.779. The summed E-state index contributed by atoms with van der Waals surface area (Å²) in [7, 11) is 1.67. The molecular formula is C20H18N2O3. The van der Waals surface area contributed by atoms with Crippen LogP contribution < -0.4 is 15.2 Å². The lowest BCUT2D eigenvalue weighted by atomic mass is 10.2. The molecule has 0 spiro atoms. The second kappa shape index (κ2) is 7.49. The number of hydrogen-bond acceptors (Lipinski definition) is 3. The number of carbonyl (C=O) groups is 1. The minimum absolute atomic E-state index is 0.246. The smallest absolute Gasteiger partial charge is 0.258 e. The Labute approximate surface area is 145 Å². The van der Waals surface area contributed by atoms with Crippen molar-refractivity contribution < 1.29 is 9.53 Å². The standard InChI is InChI=1S/C20H18N2O3/c1-22(20(24)16-11-12-21-19(23)13-16)17-7-9-18(10-8-17)25-14-15-5-3-2-4-6-15/h2-13H,14H2,1H3,(H,21,23). The lowest BCUT2D eigenvalue weighted by molar-refractivity contribution is 0.0992. The number of H-pyrrole nitrogens is 1. The van der Waals surface area contributed by atoms with E-state index >= 15 is 0 Å². The summed E-state index contributed by atoms with van der Waals surface area (Å²) < 4.78 is 5.74. The summed E-state index contributed by atoms with van der Waals surface area (Å²) in [5.41, 5.74) is 1.85. The van der Waals surface area contributed by atoms with Crippen molar-refractivity contribution >= 4 is 11.6 Å². The molecular weight excluding hydrogens is 316 g/mol. The van der Waals surface area contributed by atoms with Crippen LogP contribution in [0.5, 0.6) is 5.75 Å². The van der Waals surface area contributed by atoms with Gasteiger partial charge in [0.05, 0.1) is 0 Å². The lowest BCUT2D eigenvalue weighted by Gasteiger charge is -2.17. The summed E-state index contributed by atoms with van der Waals surface area (Å²) >= 11 is 0. The fraction of sp³-hybridized carbons (Fsp3) is 0.100. The Hall–Kier alpha value is -3.34. The largest absolute Gasteiger partial charge is 0.489 e. The minimum Gasteiger partial charge on any atom is -0.489 e. The number of amides is 1. The predicted molar refractivity (Wildman–Crippen MR) is 97.0 cm³/mol. The van der Waals surface area contributed by atoms with Crippen LogP contribution in [0.2, 0.25) is 0 Å². The van der Waals surface area contributed by atoms with E-state index in [9.17, 15) is 9.59 Å². The van der Waals surface area contributed by atoms with Crippen LogP contribution in [0.25, 0.3) is 0 Å². The van der Waals surface area contributed by atoms with E-state index in [2.05, 4.69) is 4.98 Å². The van der Waals surface area contributed by atoms with Crippen molar-refractivity contribution in [3.05, 3.63) is 94.4 Å². The maximum absolute atomic E-state index is 12.4. The summed E-state index contributed by atoms with van der Waals surface area (Å²) in [6, 6.07) is 20.0. The summed E-state index contributed by atoms with van der Waals surface area (Å²) in [5.74, 6) is 0.480. The van der Waals surface area contributed by atoms with Crippen LogP contribution in [0.15, 0.2) is 77.7 Å². The molecule has 0 bridgehead atoms. The number of aromatic amines is 1. The molecule has 1 amide bonds. The van der Waals surface area contributed by atoms with Crippen molar-refractivity contribution in [2.75, 3.05) is 11.9 Å². The first-order valence-electron chi connectivity index (χ1n) is 7.87.